The number of nitrogens with one attached hydrogen (secondary N) is 1. The first-order valence-electron chi connectivity index (χ1n) is 7.22. The summed E-state index contributed by atoms with van der Waals surface area (Å²) in [6.45, 7) is 0. The normalized spacial score (nSPS) is 19.1. The number of rotatable bonds is 4. The number of amides is 1. The topological polar surface area (TPSA) is 74.0 Å². The summed E-state index contributed by atoms with van der Waals surface area (Å²) in [5, 5.41) is 20.9. The van der Waals surface area contributed by atoms with Gasteiger partial charge >= 0.3 is 0 Å². The maximum Gasteiger partial charge on any atom is 0.239 e. The average Bonchev–Trinajstić information content (AvgIpc) is 2.91. The van der Waals surface area contributed by atoms with Crippen molar-refractivity contribution in [2.45, 2.75) is 11.7 Å². The van der Waals surface area contributed by atoms with E-state index in [0.717, 1.165) is 11.1 Å². The number of phenols is 1. The van der Waals surface area contributed by atoms with Crippen molar-refractivity contribution in [1.82, 2.24) is 5.32 Å². The van der Waals surface area contributed by atoms with Crippen LogP contribution in [0.2, 0.25) is 5.02 Å². The van der Waals surface area contributed by atoms with E-state index in [1.54, 1.807) is 30.5 Å². The van der Waals surface area contributed by atoms with Crippen LogP contribution in [0.3, 0.4) is 0 Å². The van der Waals surface area contributed by atoms with Crippen molar-refractivity contribution in [2.24, 2.45) is 10.2 Å². The van der Waals surface area contributed by atoms with E-state index in [1.807, 2.05) is 24.3 Å². The lowest BCUT2D eigenvalue weighted by atomic mass is 10.1. The molecule has 1 fully saturated rings. The van der Waals surface area contributed by atoms with Crippen LogP contribution < -0.4 is 5.32 Å². The van der Waals surface area contributed by atoms with Gasteiger partial charge in [0, 0.05) is 5.02 Å². The lowest BCUT2D eigenvalue weighted by Gasteiger charge is -2.05. The molecule has 0 spiro atoms. The van der Waals surface area contributed by atoms with E-state index < -0.39 is 0 Å². The quantitative estimate of drug-likeness (QED) is 0.650. The smallest absolute Gasteiger partial charge is 0.239 e. The van der Waals surface area contributed by atoms with E-state index in [-0.39, 0.29) is 16.9 Å². The molecule has 1 amide bonds. The summed E-state index contributed by atoms with van der Waals surface area (Å²) in [7, 11) is 0. The number of hydrogen-bond donors (Lipinski definition) is 2. The maximum atomic E-state index is 12.0. The van der Waals surface area contributed by atoms with Gasteiger partial charge in [0.2, 0.25) is 5.91 Å². The zero-order valence-corrected chi connectivity index (χ0v) is 14.1. The molecule has 7 heteroatoms. The molecule has 0 aromatic heterocycles. The molecule has 1 aliphatic heterocycles. The Morgan fingerprint density at radius 2 is 1.88 bits per heavy atom. The van der Waals surface area contributed by atoms with Gasteiger partial charge in [-0.25, -0.2) is 0 Å². The number of nitrogens with zero attached hydrogens (tertiary/aromatic N) is 2. The van der Waals surface area contributed by atoms with Crippen molar-refractivity contribution in [3.8, 4) is 5.75 Å². The van der Waals surface area contributed by atoms with Crippen LogP contribution in [0.5, 0.6) is 5.75 Å². The van der Waals surface area contributed by atoms with Crippen LogP contribution in [0, 0.1) is 0 Å². The molecule has 2 N–H and O–H groups in total. The minimum absolute atomic E-state index is 0.0754. The fourth-order valence-corrected chi connectivity index (χ4v) is 3.22. The van der Waals surface area contributed by atoms with Crippen molar-refractivity contribution in [2.75, 3.05) is 0 Å². The van der Waals surface area contributed by atoms with Gasteiger partial charge in [0.1, 0.15) is 5.75 Å². The highest BCUT2D eigenvalue weighted by atomic mass is 35.5. The number of aromatic hydroxyl groups is 1. The molecule has 2 aromatic carbocycles. The zero-order chi connectivity index (χ0) is 16.9. The first-order valence-corrected chi connectivity index (χ1v) is 8.48. The Morgan fingerprint density at radius 1 is 1.17 bits per heavy atom. The van der Waals surface area contributed by atoms with Gasteiger partial charge in [0.15, 0.2) is 5.17 Å². The molecule has 1 unspecified atom stereocenters. The van der Waals surface area contributed by atoms with Crippen molar-refractivity contribution < 1.29 is 9.90 Å². The van der Waals surface area contributed by atoms with Crippen LogP contribution in [0.15, 0.2) is 58.7 Å². The number of phenolic OH excluding ortho intramolecular Hbond substituents is 1. The summed E-state index contributed by atoms with van der Waals surface area (Å²) in [6, 6.07) is 14.0. The van der Waals surface area contributed by atoms with Gasteiger partial charge in [-0.05, 0) is 53.9 Å². The molecule has 5 nitrogen and oxygen atoms in total. The molecule has 0 bridgehead atoms. The largest absolute Gasteiger partial charge is 0.508 e. The highest BCUT2D eigenvalue weighted by molar-refractivity contribution is 8.15. The Bertz CT molecular complexity index is 788. The monoisotopic (exact) mass is 359 g/mol. The van der Waals surface area contributed by atoms with Gasteiger partial charge in [-0.3, -0.25) is 4.79 Å². The van der Waals surface area contributed by atoms with Gasteiger partial charge < -0.3 is 10.4 Å². The van der Waals surface area contributed by atoms with Crippen molar-refractivity contribution in [3.63, 3.8) is 0 Å². The Kier molecular flexibility index (Phi) is 5.17. The third-order valence-corrected chi connectivity index (χ3v) is 4.68. The molecule has 3 rings (SSSR count). The number of carbonyl (C=O) groups excluding carboxylic acids is 1. The van der Waals surface area contributed by atoms with E-state index in [0.29, 0.717) is 16.6 Å². The number of hydrogen-bond acceptors (Lipinski definition) is 5. The highest BCUT2D eigenvalue weighted by Gasteiger charge is 2.30. The SMILES string of the molecule is O=C1NC(=NN=Cc2ccc(O)cc2)SC1Cc1ccc(Cl)cc1. The van der Waals surface area contributed by atoms with Gasteiger partial charge in [-0.2, -0.15) is 5.10 Å². The molecule has 1 saturated heterocycles. The first-order chi connectivity index (χ1) is 11.6. The zero-order valence-electron chi connectivity index (χ0n) is 12.5. The van der Waals surface area contributed by atoms with Gasteiger partial charge in [-0.15, -0.1) is 5.10 Å². The standard InChI is InChI=1S/C17H14ClN3O2S/c18-13-5-1-11(2-6-13)9-15-16(23)20-17(24-15)21-19-10-12-3-7-14(22)8-4-12/h1-8,10,15,22H,9H2,(H,20,21,23). The maximum absolute atomic E-state index is 12.0. The Morgan fingerprint density at radius 3 is 2.58 bits per heavy atom. The van der Waals surface area contributed by atoms with E-state index in [1.165, 1.54) is 11.8 Å². The van der Waals surface area contributed by atoms with E-state index in [4.69, 9.17) is 11.6 Å². The molecule has 24 heavy (non-hydrogen) atoms. The molecule has 0 radical (unpaired) electrons. The predicted octanol–water partition coefficient (Wildman–Crippen LogP) is 3.21. The number of benzene rings is 2. The molecule has 1 heterocycles. The molecule has 0 aliphatic carbocycles. The van der Waals surface area contributed by atoms with Crippen molar-refractivity contribution >= 4 is 40.7 Å². The number of amidine groups is 1. The van der Waals surface area contributed by atoms with E-state index in [9.17, 15) is 9.90 Å². The number of thioether (sulfide) groups is 1. The molecule has 122 valence electrons. The molecule has 1 atom stereocenters. The highest BCUT2D eigenvalue weighted by Crippen LogP contribution is 2.24. The minimum atomic E-state index is -0.228. The fourth-order valence-electron chi connectivity index (χ4n) is 2.13. The first kappa shape index (κ1) is 16.5. The third kappa shape index (κ3) is 4.37. The number of carbonyl (C=O) groups is 1. The second-order valence-electron chi connectivity index (χ2n) is 5.17. The molecule has 2 aromatic rings. The van der Waals surface area contributed by atoms with Gasteiger partial charge in [0.25, 0.3) is 0 Å². The fraction of sp³-hybridized carbons (Fsp3) is 0.118. The van der Waals surface area contributed by atoms with Crippen LogP contribution >= 0.6 is 23.4 Å². The van der Waals surface area contributed by atoms with Gasteiger partial charge in [0.05, 0.1) is 11.5 Å². The van der Waals surface area contributed by atoms with Gasteiger partial charge in [-0.1, -0.05) is 35.5 Å². The Hall–Kier alpha value is -2.31. The number of halogens is 1. The van der Waals surface area contributed by atoms with Crippen LogP contribution in [0.4, 0.5) is 0 Å². The minimum Gasteiger partial charge on any atom is -0.508 e. The molecular weight excluding hydrogens is 346 g/mol. The summed E-state index contributed by atoms with van der Waals surface area (Å²) < 4.78 is 0. The summed E-state index contributed by atoms with van der Waals surface area (Å²) in [6.07, 6.45) is 2.17. The van der Waals surface area contributed by atoms with Crippen LogP contribution in [-0.2, 0) is 11.2 Å². The second kappa shape index (κ2) is 7.51. The summed E-state index contributed by atoms with van der Waals surface area (Å²) in [5.41, 5.74) is 1.85. The van der Waals surface area contributed by atoms with E-state index >= 15 is 0 Å². The summed E-state index contributed by atoms with van der Waals surface area (Å²) in [5.74, 6) is 0.121. The average molecular weight is 360 g/mol. The third-order valence-electron chi connectivity index (χ3n) is 3.36. The van der Waals surface area contributed by atoms with Crippen molar-refractivity contribution in [1.29, 1.82) is 0 Å². The molecule has 0 saturated carbocycles. The summed E-state index contributed by atoms with van der Waals surface area (Å²) >= 11 is 7.22. The Balaban J connectivity index is 1.61. The Labute approximate surface area is 148 Å². The van der Waals surface area contributed by atoms with Crippen LogP contribution in [-0.4, -0.2) is 27.6 Å². The van der Waals surface area contributed by atoms with E-state index in [2.05, 4.69) is 15.5 Å². The predicted molar refractivity (Wildman–Crippen MR) is 97.8 cm³/mol. The lowest BCUT2D eigenvalue weighted by molar-refractivity contribution is -0.118. The lowest BCUT2D eigenvalue weighted by Crippen LogP contribution is -2.25. The van der Waals surface area contributed by atoms with Crippen molar-refractivity contribution in [3.05, 3.63) is 64.7 Å². The second-order valence-corrected chi connectivity index (χ2v) is 6.80. The molecule has 1 aliphatic rings. The molecular formula is C17H14ClN3O2S. The summed E-state index contributed by atoms with van der Waals surface area (Å²) in [4.78, 5) is 12.0. The van der Waals surface area contributed by atoms with Crippen LogP contribution in [0.1, 0.15) is 11.1 Å². The van der Waals surface area contributed by atoms with Crippen LogP contribution in [0.25, 0.3) is 0 Å².